The first-order valence-corrected chi connectivity index (χ1v) is 11.0. The summed E-state index contributed by atoms with van der Waals surface area (Å²) in [5.74, 6) is 1.51. The average Bonchev–Trinajstić information content (AvgIpc) is 2.75. The van der Waals surface area contributed by atoms with Gasteiger partial charge in [0.05, 0.1) is 25.3 Å². The van der Waals surface area contributed by atoms with Crippen LogP contribution in [0.5, 0.6) is 11.5 Å². The lowest BCUT2D eigenvalue weighted by Gasteiger charge is -2.29. The Morgan fingerprint density at radius 1 is 0.714 bits per heavy atom. The average molecular weight is 421 g/mol. The zero-order chi connectivity index (χ0) is 19.9. The second kappa shape index (κ2) is 9.75. The predicted octanol–water partition coefficient (Wildman–Crippen LogP) is 3.85. The van der Waals surface area contributed by atoms with E-state index in [-0.39, 0.29) is 0 Å². The molecule has 6 nitrogen and oxygen atoms in total. The van der Waals surface area contributed by atoms with Gasteiger partial charge in [0.1, 0.15) is 23.7 Å². The summed E-state index contributed by atoms with van der Waals surface area (Å²) >= 11 is 0. The maximum Gasteiger partial charge on any atom is 0.338 e. The second-order valence-corrected chi connectivity index (χ2v) is 8.47. The molecular weight excluding hydrogens is 400 g/mol. The third-order valence-corrected chi connectivity index (χ3v) is 6.54. The molecule has 2 aromatic rings. The number of carbonyl (C=O) groups excluding carboxylic acids is 2. The summed E-state index contributed by atoms with van der Waals surface area (Å²) in [5, 5.41) is 0. The van der Waals surface area contributed by atoms with Crippen molar-refractivity contribution in [3.8, 4) is 11.5 Å². The number of carbonyl (C=O) groups is 2. The summed E-state index contributed by atoms with van der Waals surface area (Å²) < 4.78 is 21.4. The van der Waals surface area contributed by atoms with Crippen molar-refractivity contribution >= 4 is 33.5 Å². The fraction of sp³-hybridized carbons (Fsp3) is 0.300. The first kappa shape index (κ1) is 20.4. The lowest BCUT2D eigenvalue weighted by atomic mass is 10.2. The topological polar surface area (TPSA) is 71.1 Å². The van der Waals surface area contributed by atoms with Gasteiger partial charge in [0.15, 0.2) is 0 Å². The molecule has 0 N–H and O–H groups in total. The zero-order valence-electron chi connectivity index (χ0n) is 15.5. The van der Waals surface area contributed by atoms with Crippen LogP contribution in [0, 0.1) is 0 Å². The number of benzene rings is 2. The van der Waals surface area contributed by atoms with Crippen molar-refractivity contribution in [1.29, 1.82) is 0 Å². The Balaban J connectivity index is 1.63. The van der Waals surface area contributed by atoms with Crippen molar-refractivity contribution in [2.24, 2.45) is 0 Å². The van der Waals surface area contributed by atoms with Crippen LogP contribution in [-0.2, 0) is 9.47 Å². The van der Waals surface area contributed by atoms with E-state index in [9.17, 15) is 9.59 Å². The maximum absolute atomic E-state index is 12.5. The van der Waals surface area contributed by atoms with Crippen molar-refractivity contribution in [3.63, 3.8) is 0 Å². The monoisotopic (exact) mass is 420 g/mol. The summed E-state index contributed by atoms with van der Waals surface area (Å²) in [5.41, 5.74) is 0.841. The van der Waals surface area contributed by atoms with Crippen LogP contribution < -0.4 is 9.47 Å². The third-order valence-electron chi connectivity index (χ3n) is 4.13. The molecule has 3 rings (SSSR count). The highest BCUT2D eigenvalue weighted by Gasteiger charge is 2.33. The molecule has 2 aromatic carbocycles. The van der Waals surface area contributed by atoms with Gasteiger partial charge in [0.2, 0.25) is 0 Å². The molecule has 0 amide bonds. The molecule has 1 aliphatic rings. The van der Waals surface area contributed by atoms with Crippen LogP contribution in [0.1, 0.15) is 20.7 Å². The van der Waals surface area contributed by atoms with E-state index in [0.29, 0.717) is 34.1 Å². The summed E-state index contributed by atoms with van der Waals surface area (Å²) in [6.45, 7) is 0. The summed E-state index contributed by atoms with van der Waals surface area (Å²) in [4.78, 5) is 24.9. The minimum Gasteiger partial charge on any atom is -0.497 e. The molecule has 0 unspecified atom stereocenters. The van der Waals surface area contributed by atoms with Crippen LogP contribution in [0.2, 0.25) is 0 Å². The van der Waals surface area contributed by atoms with Gasteiger partial charge in [-0.2, -0.15) is 0 Å². The minimum atomic E-state index is -0.511. The molecule has 1 heterocycles. The van der Waals surface area contributed by atoms with Crippen molar-refractivity contribution in [3.05, 3.63) is 59.7 Å². The van der Waals surface area contributed by atoms with E-state index in [4.69, 9.17) is 18.9 Å². The second-order valence-electron chi connectivity index (χ2n) is 5.91. The van der Waals surface area contributed by atoms with Gasteiger partial charge < -0.3 is 18.9 Å². The van der Waals surface area contributed by atoms with E-state index in [0.717, 1.165) is 0 Å². The van der Waals surface area contributed by atoms with Crippen LogP contribution >= 0.6 is 21.6 Å². The van der Waals surface area contributed by atoms with Crippen LogP contribution in [0.4, 0.5) is 0 Å². The Bertz CT molecular complexity index is 737. The molecule has 1 aliphatic heterocycles. The van der Waals surface area contributed by atoms with Crippen LogP contribution in [-0.4, -0.2) is 49.9 Å². The Labute approximate surface area is 171 Å². The van der Waals surface area contributed by atoms with Gasteiger partial charge in [0.25, 0.3) is 0 Å². The quantitative estimate of drug-likeness (QED) is 0.516. The SMILES string of the molecule is COc1ccc(C(=O)O[C@H]2CSSC[C@@H]2OC(=O)c2ccc(OC)cc2)cc1. The van der Waals surface area contributed by atoms with Crippen molar-refractivity contribution in [2.75, 3.05) is 25.7 Å². The zero-order valence-corrected chi connectivity index (χ0v) is 17.1. The van der Waals surface area contributed by atoms with E-state index >= 15 is 0 Å². The number of ether oxygens (including phenoxy) is 4. The lowest BCUT2D eigenvalue weighted by molar-refractivity contribution is -0.0212. The van der Waals surface area contributed by atoms with Gasteiger partial charge >= 0.3 is 11.9 Å². The van der Waals surface area contributed by atoms with Crippen LogP contribution in [0.25, 0.3) is 0 Å². The Morgan fingerprint density at radius 3 is 1.39 bits per heavy atom. The molecule has 1 saturated heterocycles. The number of methoxy groups -OCH3 is 2. The molecular formula is C20H20O6S2. The Morgan fingerprint density at radius 2 is 1.07 bits per heavy atom. The van der Waals surface area contributed by atoms with Crippen LogP contribution in [0.3, 0.4) is 0 Å². The molecule has 1 fully saturated rings. The van der Waals surface area contributed by atoms with Gasteiger partial charge in [-0.3, -0.25) is 0 Å². The van der Waals surface area contributed by atoms with Crippen molar-refractivity contribution in [1.82, 2.24) is 0 Å². The number of esters is 2. The summed E-state index contributed by atoms with van der Waals surface area (Å²) in [6.07, 6.45) is -1.02. The fourth-order valence-electron chi connectivity index (χ4n) is 2.53. The molecule has 28 heavy (non-hydrogen) atoms. The van der Waals surface area contributed by atoms with E-state index in [2.05, 4.69) is 0 Å². The molecule has 8 heteroatoms. The number of hydrogen-bond acceptors (Lipinski definition) is 8. The van der Waals surface area contributed by atoms with E-state index < -0.39 is 24.1 Å². The molecule has 0 radical (unpaired) electrons. The smallest absolute Gasteiger partial charge is 0.338 e. The highest BCUT2D eigenvalue weighted by molar-refractivity contribution is 8.76. The number of hydrogen-bond donors (Lipinski definition) is 0. The molecule has 0 aliphatic carbocycles. The molecule has 0 saturated carbocycles. The molecule has 148 valence electrons. The van der Waals surface area contributed by atoms with Crippen molar-refractivity contribution in [2.45, 2.75) is 12.2 Å². The first-order chi connectivity index (χ1) is 13.6. The normalized spacial score (nSPS) is 18.8. The Kier molecular flexibility index (Phi) is 7.11. The summed E-state index contributed by atoms with van der Waals surface area (Å²) in [7, 11) is 6.30. The number of rotatable bonds is 6. The highest BCUT2D eigenvalue weighted by Crippen LogP contribution is 2.33. The Hall–Kier alpha value is -2.32. The largest absolute Gasteiger partial charge is 0.497 e. The van der Waals surface area contributed by atoms with Gasteiger partial charge in [-0.25, -0.2) is 9.59 Å². The minimum absolute atomic E-state index is 0.421. The van der Waals surface area contributed by atoms with E-state index in [1.165, 1.54) is 0 Å². The lowest BCUT2D eigenvalue weighted by Crippen LogP contribution is -2.40. The van der Waals surface area contributed by atoms with Gasteiger partial charge in [-0.1, -0.05) is 21.6 Å². The van der Waals surface area contributed by atoms with E-state index in [1.54, 1.807) is 84.3 Å². The van der Waals surface area contributed by atoms with Crippen molar-refractivity contribution < 1.29 is 28.5 Å². The molecule has 0 bridgehead atoms. The summed E-state index contributed by atoms with van der Waals surface area (Å²) in [6, 6.07) is 13.4. The molecule has 0 spiro atoms. The fourth-order valence-corrected chi connectivity index (χ4v) is 4.94. The third kappa shape index (κ3) is 5.14. The van der Waals surface area contributed by atoms with Gasteiger partial charge in [-0.15, -0.1) is 0 Å². The molecule has 0 aromatic heterocycles. The molecule has 2 atom stereocenters. The standard InChI is InChI=1S/C20H20O6S2/c1-23-15-7-3-13(4-8-15)19(21)25-17-11-27-28-12-18(17)26-20(22)14-5-9-16(24-2)10-6-14/h3-10,17-18H,11-12H2,1-2H3/t17-,18-/m0/s1. The maximum atomic E-state index is 12.5. The van der Waals surface area contributed by atoms with Crippen LogP contribution in [0.15, 0.2) is 48.5 Å². The first-order valence-electron chi connectivity index (χ1n) is 8.55. The highest BCUT2D eigenvalue weighted by atomic mass is 33.1. The van der Waals surface area contributed by atoms with Gasteiger partial charge in [0, 0.05) is 11.5 Å². The van der Waals surface area contributed by atoms with E-state index in [1.807, 2.05) is 0 Å². The van der Waals surface area contributed by atoms with Gasteiger partial charge in [-0.05, 0) is 48.5 Å². The predicted molar refractivity (Wildman–Crippen MR) is 109 cm³/mol.